The van der Waals surface area contributed by atoms with E-state index in [0.717, 1.165) is 0 Å². The van der Waals surface area contributed by atoms with Gasteiger partial charge in [0.15, 0.2) is 8.07 Å². The Bertz CT molecular complexity index is 916. The lowest BCUT2D eigenvalue weighted by atomic mass is 10.3. The standard InChI is InChI=1S/C24H16I4Si/c25-17-1-9-21(10-2-17)29(22-11-3-18(26)4-12-22,23-13-5-19(27)6-14-23)24-15-7-20(28)8-16-24/h1-16H. The molecule has 0 saturated carbocycles. The highest BCUT2D eigenvalue weighted by Gasteiger charge is 2.41. The molecule has 29 heavy (non-hydrogen) atoms. The van der Waals surface area contributed by atoms with Crippen LogP contribution in [0.5, 0.6) is 0 Å². The van der Waals surface area contributed by atoms with Gasteiger partial charge in [-0.1, -0.05) is 48.5 Å². The third-order valence-electron chi connectivity index (χ3n) is 5.11. The summed E-state index contributed by atoms with van der Waals surface area (Å²) < 4.78 is 5.06. The monoisotopic (exact) mass is 840 g/mol. The predicted octanol–water partition coefficient (Wildman–Crippen LogP) is 5.48. The smallest absolute Gasteiger partial charge is 0.0609 e. The Morgan fingerprint density at radius 3 is 0.655 bits per heavy atom. The predicted molar refractivity (Wildman–Crippen MR) is 161 cm³/mol. The summed E-state index contributed by atoms with van der Waals surface area (Å²) in [4.78, 5) is 0. The average Bonchev–Trinajstić information content (AvgIpc) is 2.73. The normalized spacial score (nSPS) is 11.4. The SMILES string of the molecule is Ic1ccc([Si](c2ccc(I)cc2)(c2ccc(I)cc2)c2ccc(I)cc2)cc1. The van der Waals surface area contributed by atoms with Crippen LogP contribution in [0.25, 0.3) is 0 Å². The molecule has 0 aliphatic rings. The van der Waals surface area contributed by atoms with Gasteiger partial charge in [-0.3, -0.25) is 0 Å². The van der Waals surface area contributed by atoms with Crippen molar-refractivity contribution in [3.05, 3.63) is 111 Å². The number of hydrogen-bond acceptors (Lipinski definition) is 0. The van der Waals surface area contributed by atoms with E-state index in [1.54, 1.807) is 0 Å². The first-order valence-corrected chi connectivity index (χ1v) is 15.4. The Hall–Kier alpha value is 0.0169. The average molecular weight is 840 g/mol. The van der Waals surface area contributed by atoms with Gasteiger partial charge in [-0.15, -0.1) is 0 Å². The van der Waals surface area contributed by atoms with E-state index in [1.165, 1.54) is 35.0 Å². The molecule has 4 aromatic rings. The molecule has 0 amide bonds. The van der Waals surface area contributed by atoms with Crippen LogP contribution in [0.1, 0.15) is 0 Å². The molecular formula is C24H16I4Si. The Balaban J connectivity index is 2.11. The molecule has 0 bridgehead atoms. The van der Waals surface area contributed by atoms with Crippen molar-refractivity contribution in [2.24, 2.45) is 0 Å². The maximum Gasteiger partial charge on any atom is 0.179 e. The van der Waals surface area contributed by atoms with Crippen molar-refractivity contribution in [1.82, 2.24) is 0 Å². The minimum Gasteiger partial charge on any atom is -0.0609 e. The summed E-state index contributed by atoms with van der Waals surface area (Å²) in [5.41, 5.74) is 0. The second-order valence-corrected chi connectivity index (χ2v) is 15.6. The van der Waals surface area contributed by atoms with Crippen molar-refractivity contribution >= 4 is 119 Å². The van der Waals surface area contributed by atoms with E-state index in [9.17, 15) is 0 Å². The van der Waals surface area contributed by atoms with E-state index in [2.05, 4.69) is 187 Å². The molecule has 4 aromatic carbocycles. The molecule has 0 fully saturated rings. The number of hydrogen-bond donors (Lipinski definition) is 0. The van der Waals surface area contributed by atoms with Gasteiger partial charge >= 0.3 is 0 Å². The van der Waals surface area contributed by atoms with Gasteiger partial charge in [-0.25, -0.2) is 0 Å². The quantitative estimate of drug-likeness (QED) is 0.145. The van der Waals surface area contributed by atoms with Gasteiger partial charge in [0.1, 0.15) is 0 Å². The van der Waals surface area contributed by atoms with E-state index in [1.807, 2.05) is 0 Å². The molecule has 0 N–H and O–H groups in total. The second-order valence-electron chi connectivity index (χ2n) is 6.78. The summed E-state index contributed by atoms with van der Waals surface area (Å²) in [7, 11) is -2.41. The fourth-order valence-corrected chi connectivity index (χ4v) is 9.90. The highest BCUT2D eigenvalue weighted by atomic mass is 127. The number of benzene rings is 4. The molecule has 0 atom stereocenters. The maximum atomic E-state index is 2.39. The molecule has 0 heterocycles. The summed E-state index contributed by atoms with van der Waals surface area (Å²) >= 11 is 9.58. The third kappa shape index (κ3) is 4.63. The second kappa shape index (κ2) is 9.66. The fraction of sp³-hybridized carbons (Fsp3) is 0. The zero-order chi connectivity index (χ0) is 20.4. The van der Waals surface area contributed by atoms with E-state index >= 15 is 0 Å². The lowest BCUT2D eigenvalue weighted by Crippen LogP contribution is -2.74. The Morgan fingerprint density at radius 2 is 0.483 bits per heavy atom. The number of rotatable bonds is 4. The molecule has 0 radical (unpaired) electrons. The molecule has 0 aliphatic carbocycles. The lowest BCUT2D eigenvalue weighted by Gasteiger charge is -2.34. The minimum absolute atomic E-state index is 1.27. The van der Waals surface area contributed by atoms with Crippen LogP contribution in [-0.4, -0.2) is 8.07 Å². The van der Waals surface area contributed by atoms with E-state index < -0.39 is 8.07 Å². The molecule has 0 aromatic heterocycles. The van der Waals surface area contributed by atoms with E-state index in [0.29, 0.717) is 0 Å². The molecule has 0 saturated heterocycles. The molecule has 0 nitrogen and oxygen atoms in total. The largest absolute Gasteiger partial charge is 0.179 e. The van der Waals surface area contributed by atoms with Crippen molar-refractivity contribution in [1.29, 1.82) is 0 Å². The van der Waals surface area contributed by atoms with Gasteiger partial charge in [-0.2, -0.15) is 0 Å². The lowest BCUT2D eigenvalue weighted by molar-refractivity contribution is 1.61. The van der Waals surface area contributed by atoms with Gasteiger partial charge in [0.05, 0.1) is 0 Å². The van der Waals surface area contributed by atoms with Crippen LogP contribution in [0.3, 0.4) is 0 Å². The van der Waals surface area contributed by atoms with E-state index in [-0.39, 0.29) is 0 Å². The number of halogens is 4. The molecule has 4 rings (SSSR count). The molecule has 0 spiro atoms. The van der Waals surface area contributed by atoms with Crippen LogP contribution in [0.2, 0.25) is 0 Å². The first-order chi connectivity index (χ1) is 14.0. The van der Waals surface area contributed by atoms with Crippen LogP contribution in [0.4, 0.5) is 0 Å². The van der Waals surface area contributed by atoms with Gasteiger partial charge in [0.2, 0.25) is 0 Å². The van der Waals surface area contributed by atoms with Crippen LogP contribution < -0.4 is 20.7 Å². The topological polar surface area (TPSA) is 0 Å². The Labute approximate surface area is 227 Å². The van der Waals surface area contributed by atoms with Crippen molar-refractivity contribution in [3.63, 3.8) is 0 Å². The summed E-state index contributed by atoms with van der Waals surface area (Å²) in [5.74, 6) is 0. The Kier molecular flexibility index (Phi) is 7.40. The third-order valence-corrected chi connectivity index (χ3v) is 12.8. The minimum atomic E-state index is -2.41. The highest BCUT2D eigenvalue weighted by Crippen LogP contribution is 2.14. The summed E-state index contributed by atoms with van der Waals surface area (Å²) in [6.45, 7) is 0. The van der Waals surface area contributed by atoms with Crippen LogP contribution in [-0.2, 0) is 0 Å². The molecule has 5 heteroatoms. The van der Waals surface area contributed by atoms with Gasteiger partial charge in [0.25, 0.3) is 0 Å². The zero-order valence-corrected chi connectivity index (χ0v) is 24.9. The van der Waals surface area contributed by atoms with E-state index in [4.69, 9.17) is 0 Å². The van der Waals surface area contributed by atoms with Gasteiger partial charge in [0, 0.05) is 14.3 Å². The first kappa shape index (κ1) is 22.2. The summed E-state index contributed by atoms with van der Waals surface area (Å²) in [5, 5.41) is 5.67. The fourth-order valence-electron chi connectivity index (χ4n) is 3.80. The molecule has 0 unspecified atom stereocenters. The molecule has 0 aliphatic heterocycles. The van der Waals surface area contributed by atoms with Crippen molar-refractivity contribution in [2.45, 2.75) is 0 Å². The summed E-state index contributed by atoms with van der Waals surface area (Å²) in [6.07, 6.45) is 0. The Morgan fingerprint density at radius 1 is 0.310 bits per heavy atom. The highest BCUT2D eigenvalue weighted by molar-refractivity contribution is 14.1. The first-order valence-electron chi connectivity index (χ1n) is 9.04. The van der Waals surface area contributed by atoms with Crippen LogP contribution in [0, 0.1) is 14.3 Å². The van der Waals surface area contributed by atoms with Crippen LogP contribution >= 0.6 is 90.4 Å². The van der Waals surface area contributed by atoms with Gasteiger partial charge < -0.3 is 0 Å². The van der Waals surface area contributed by atoms with Gasteiger partial charge in [-0.05, 0) is 160 Å². The maximum absolute atomic E-state index is 2.41. The van der Waals surface area contributed by atoms with Crippen LogP contribution in [0.15, 0.2) is 97.1 Å². The van der Waals surface area contributed by atoms with Crippen molar-refractivity contribution in [2.75, 3.05) is 0 Å². The van der Waals surface area contributed by atoms with Crippen molar-refractivity contribution < 1.29 is 0 Å². The molecular weight excluding hydrogens is 824 g/mol. The zero-order valence-electron chi connectivity index (χ0n) is 15.2. The summed E-state index contributed by atoms with van der Waals surface area (Å²) in [6, 6.07) is 36.6. The molecule has 144 valence electrons. The van der Waals surface area contributed by atoms with Crippen molar-refractivity contribution in [3.8, 4) is 0 Å².